The highest BCUT2D eigenvalue weighted by molar-refractivity contribution is 6.14. The third-order valence-corrected chi connectivity index (χ3v) is 2.84. The Balaban J connectivity index is 2.30. The Morgan fingerprint density at radius 1 is 1.11 bits per heavy atom. The summed E-state index contributed by atoms with van der Waals surface area (Å²) in [5.74, 6) is 0.666. The quantitative estimate of drug-likeness (QED) is 0.526. The summed E-state index contributed by atoms with van der Waals surface area (Å²) in [6.45, 7) is 3.64. The molecule has 1 aliphatic rings. The molecular formula is C14H10O4. The molecule has 0 amide bonds. The van der Waals surface area contributed by atoms with E-state index in [9.17, 15) is 9.59 Å². The van der Waals surface area contributed by atoms with Gasteiger partial charge in [-0.3, -0.25) is 4.79 Å². The number of carbonyl (C=O) groups excluding carboxylic acids is 1. The maximum absolute atomic E-state index is 12.1. The zero-order chi connectivity index (χ0) is 12.9. The second-order valence-electron chi connectivity index (χ2n) is 4.40. The molecule has 0 spiro atoms. The molecule has 18 heavy (non-hydrogen) atoms. The monoisotopic (exact) mass is 242 g/mol. The van der Waals surface area contributed by atoms with E-state index in [0.29, 0.717) is 28.0 Å². The van der Waals surface area contributed by atoms with Crippen molar-refractivity contribution in [3.63, 3.8) is 0 Å². The van der Waals surface area contributed by atoms with E-state index in [0.717, 1.165) is 5.57 Å². The maximum atomic E-state index is 12.1. The van der Waals surface area contributed by atoms with E-state index in [1.165, 1.54) is 6.07 Å². The molecular weight excluding hydrogens is 232 g/mol. The highest BCUT2D eigenvalue weighted by atomic mass is 16.5. The van der Waals surface area contributed by atoms with Gasteiger partial charge < -0.3 is 9.15 Å². The van der Waals surface area contributed by atoms with Crippen LogP contribution < -0.4 is 10.4 Å². The minimum absolute atomic E-state index is 0.127. The molecule has 1 aromatic heterocycles. The van der Waals surface area contributed by atoms with Crippen molar-refractivity contribution in [1.82, 2.24) is 0 Å². The molecule has 1 aliphatic heterocycles. The molecule has 0 N–H and O–H groups in total. The number of rotatable bonds is 0. The summed E-state index contributed by atoms with van der Waals surface area (Å²) >= 11 is 0. The summed E-state index contributed by atoms with van der Waals surface area (Å²) in [4.78, 5) is 23.2. The second kappa shape index (κ2) is 3.57. The Kier molecular flexibility index (Phi) is 2.13. The summed E-state index contributed by atoms with van der Waals surface area (Å²) in [5, 5.41) is 0.709. The molecule has 0 saturated heterocycles. The van der Waals surface area contributed by atoms with Crippen LogP contribution in [-0.4, -0.2) is 5.78 Å². The fourth-order valence-electron chi connectivity index (χ4n) is 1.97. The van der Waals surface area contributed by atoms with Crippen LogP contribution in [0.25, 0.3) is 11.0 Å². The minimum atomic E-state index is -0.422. The van der Waals surface area contributed by atoms with Crippen LogP contribution in [0.3, 0.4) is 0 Å². The van der Waals surface area contributed by atoms with Gasteiger partial charge in [-0.15, -0.1) is 0 Å². The van der Waals surface area contributed by atoms with Gasteiger partial charge in [0.1, 0.15) is 11.3 Å². The van der Waals surface area contributed by atoms with Crippen LogP contribution >= 0.6 is 0 Å². The number of allylic oxidation sites excluding steroid dienone is 2. The standard InChI is InChI=1S/C14H10O4/c1-7(2)14-13(16)9-5-8-3-4-12(15)17-10(8)6-11(9)18-14/h3-6H,1-2H3. The first-order chi connectivity index (χ1) is 8.56. The van der Waals surface area contributed by atoms with Crippen molar-refractivity contribution < 1.29 is 13.9 Å². The van der Waals surface area contributed by atoms with Gasteiger partial charge in [0, 0.05) is 17.5 Å². The van der Waals surface area contributed by atoms with Crippen molar-refractivity contribution in [1.29, 1.82) is 0 Å². The Hall–Kier alpha value is -2.36. The first-order valence-electron chi connectivity index (χ1n) is 5.54. The summed E-state index contributed by atoms with van der Waals surface area (Å²) < 4.78 is 10.6. The molecule has 0 fully saturated rings. The molecule has 0 radical (unpaired) electrons. The highest BCUT2D eigenvalue weighted by Crippen LogP contribution is 2.35. The molecule has 0 bridgehead atoms. The third kappa shape index (κ3) is 1.46. The predicted octanol–water partition coefficient (Wildman–Crippen LogP) is 2.66. The van der Waals surface area contributed by atoms with E-state index in [-0.39, 0.29) is 5.78 Å². The topological polar surface area (TPSA) is 56.5 Å². The summed E-state index contributed by atoms with van der Waals surface area (Å²) in [7, 11) is 0. The fraction of sp³-hybridized carbons (Fsp3) is 0.143. The molecule has 2 aromatic rings. The van der Waals surface area contributed by atoms with E-state index < -0.39 is 5.63 Å². The fourth-order valence-corrected chi connectivity index (χ4v) is 1.97. The maximum Gasteiger partial charge on any atom is 0.336 e. The normalized spacial score (nSPS) is 13.7. The number of carbonyl (C=O) groups is 1. The van der Waals surface area contributed by atoms with Crippen molar-refractivity contribution in [2.24, 2.45) is 0 Å². The zero-order valence-corrected chi connectivity index (χ0v) is 9.94. The SMILES string of the molecule is CC(C)=C1Oc2cc3oc(=O)ccc3cc2C1=O. The van der Waals surface area contributed by atoms with Crippen LogP contribution in [0.2, 0.25) is 0 Å². The highest BCUT2D eigenvalue weighted by Gasteiger charge is 2.28. The molecule has 0 aliphatic carbocycles. The van der Waals surface area contributed by atoms with Gasteiger partial charge in [0.2, 0.25) is 5.78 Å². The zero-order valence-electron chi connectivity index (χ0n) is 9.94. The molecule has 4 nitrogen and oxygen atoms in total. The van der Waals surface area contributed by atoms with Crippen molar-refractivity contribution >= 4 is 16.8 Å². The molecule has 2 heterocycles. The number of hydrogen-bond donors (Lipinski definition) is 0. The Labute approximate surface area is 102 Å². The number of hydrogen-bond acceptors (Lipinski definition) is 4. The summed E-state index contributed by atoms with van der Waals surface area (Å²) in [6, 6.07) is 6.23. The minimum Gasteiger partial charge on any atom is -0.452 e. The van der Waals surface area contributed by atoms with Crippen LogP contribution in [0.1, 0.15) is 24.2 Å². The lowest BCUT2D eigenvalue weighted by atomic mass is 10.1. The van der Waals surface area contributed by atoms with E-state index >= 15 is 0 Å². The van der Waals surface area contributed by atoms with Gasteiger partial charge in [0.05, 0.1) is 5.56 Å². The summed E-state index contributed by atoms with van der Waals surface area (Å²) in [5.41, 5.74) is 1.33. The third-order valence-electron chi connectivity index (χ3n) is 2.84. The van der Waals surface area contributed by atoms with Gasteiger partial charge in [-0.25, -0.2) is 4.79 Å². The number of fused-ring (bicyclic) bond motifs is 2. The number of ether oxygens (including phenoxy) is 1. The van der Waals surface area contributed by atoms with Crippen LogP contribution in [-0.2, 0) is 0 Å². The van der Waals surface area contributed by atoms with Crippen LogP contribution in [0.4, 0.5) is 0 Å². The smallest absolute Gasteiger partial charge is 0.336 e. The summed E-state index contributed by atoms with van der Waals surface area (Å²) in [6.07, 6.45) is 0. The lowest BCUT2D eigenvalue weighted by Gasteiger charge is -2.00. The molecule has 3 rings (SSSR count). The lowest BCUT2D eigenvalue weighted by molar-refractivity contribution is 0.101. The predicted molar refractivity (Wildman–Crippen MR) is 65.8 cm³/mol. The number of Topliss-reactive ketones (excluding diaryl/α,β-unsaturated/α-hetero) is 1. The number of benzene rings is 1. The van der Waals surface area contributed by atoms with E-state index in [1.807, 2.05) is 13.8 Å². The lowest BCUT2D eigenvalue weighted by Crippen LogP contribution is -2.00. The van der Waals surface area contributed by atoms with Gasteiger partial charge in [0.25, 0.3) is 0 Å². The Morgan fingerprint density at radius 2 is 1.89 bits per heavy atom. The van der Waals surface area contributed by atoms with Gasteiger partial charge in [-0.2, -0.15) is 0 Å². The largest absolute Gasteiger partial charge is 0.452 e. The molecule has 0 unspecified atom stereocenters. The Morgan fingerprint density at radius 3 is 2.61 bits per heavy atom. The van der Waals surface area contributed by atoms with Gasteiger partial charge in [-0.05, 0) is 31.6 Å². The van der Waals surface area contributed by atoms with Crippen LogP contribution in [0.5, 0.6) is 5.75 Å². The molecule has 0 saturated carbocycles. The molecule has 4 heteroatoms. The molecule has 1 aromatic carbocycles. The van der Waals surface area contributed by atoms with Crippen molar-refractivity contribution in [2.75, 3.05) is 0 Å². The van der Waals surface area contributed by atoms with Gasteiger partial charge >= 0.3 is 5.63 Å². The van der Waals surface area contributed by atoms with Gasteiger partial charge in [0.15, 0.2) is 5.76 Å². The van der Waals surface area contributed by atoms with Crippen molar-refractivity contribution in [2.45, 2.75) is 13.8 Å². The first-order valence-corrected chi connectivity index (χ1v) is 5.54. The van der Waals surface area contributed by atoms with Crippen molar-refractivity contribution in [3.05, 3.63) is 51.6 Å². The first kappa shape index (κ1) is 10.8. The average molecular weight is 242 g/mol. The van der Waals surface area contributed by atoms with Crippen molar-refractivity contribution in [3.8, 4) is 5.75 Å². The van der Waals surface area contributed by atoms with E-state index in [4.69, 9.17) is 9.15 Å². The Bertz CT molecular complexity index is 761. The molecule has 0 atom stereocenters. The van der Waals surface area contributed by atoms with E-state index in [2.05, 4.69) is 0 Å². The number of ketones is 1. The average Bonchev–Trinajstić information content (AvgIpc) is 2.64. The molecule has 90 valence electrons. The second-order valence-corrected chi connectivity index (χ2v) is 4.40. The van der Waals surface area contributed by atoms with E-state index in [1.54, 1.807) is 18.2 Å². The van der Waals surface area contributed by atoms with Crippen LogP contribution in [0.15, 0.2) is 44.8 Å². The van der Waals surface area contributed by atoms with Crippen LogP contribution in [0, 0.1) is 0 Å². The van der Waals surface area contributed by atoms with Gasteiger partial charge in [-0.1, -0.05) is 0 Å².